The van der Waals surface area contributed by atoms with E-state index in [1.54, 1.807) is 0 Å². The fourth-order valence-electron chi connectivity index (χ4n) is 1.73. The van der Waals surface area contributed by atoms with Crippen LogP contribution in [0.15, 0.2) is 21.9 Å². The van der Waals surface area contributed by atoms with E-state index in [4.69, 9.17) is 9.84 Å². The van der Waals surface area contributed by atoms with Crippen molar-refractivity contribution in [2.75, 3.05) is 6.61 Å². The number of aromatic amines is 1. The third-order valence-corrected chi connectivity index (χ3v) is 2.49. The van der Waals surface area contributed by atoms with Gasteiger partial charge in [0.15, 0.2) is 6.23 Å². The van der Waals surface area contributed by atoms with Crippen LogP contribution in [-0.4, -0.2) is 38.6 Å². The summed E-state index contributed by atoms with van der Waals surface area (Å²) in [5.74, 6) is 0. The van der Waals surface area contributed by atoms with Crippen LogP contribution in [0.4, 0.5) is 0 Å². The Labute approximate surface area is 89.9 Å². The van der Waals surface area contributed by atoms with Crippen molar-refractivity contribution in [2.24, 2.45) is 0 Å². The standard InChI is InChI=1S/C9H12N2O5/c12-4-5-3-6(13)8(16-5)11-2-1-7(14)10-9(11)15/h1-2,5-6,8,12-13H,3-4H2,(H,10,14,15)/t5-,6+,8?/m0/s1. The lowest BCUT2D eigenvalue weighted by molar-refractivity contribution is -0.0530. The van der Waals surface area contributed by atoms with Gasteiger partial charge < -0.3 is 14.9 Å². The molecule has 0 spiro atoms. The lowest BCUT2D eigenvalue weighted by Crippen LogP contribution is -2.34. The van der Waals surface area contributed by atoms with Crippen LogP contribution in [0.25, 0.3) is 0 Å². The van der Waals surface area contributed by atoms with Crippen molar-refractivity contribution in [3.05, 3.63) is 33.1 Å². The summed E-state index contributed by atoms with van der Waals surface area (Å²) in [6, 6.07) is 1.17. The quantitative estimate of drug-likeness (QED) is 0.552. The van der Waals surface area contributed by atoms with E-state index in [-0.39, 0.29) is 13.0 Å². The number of aliphatic hydroxyl groups is 2. The van der Waals surface area contributed by atoms with Gasteiger partial charge in [0.05, 0.1) is 12.7 Å². The third-order valence-electron chi connectivity index (χ3n) is 2.49. The number of ether oxygens (including phenoxy) is 1. The molecule has 1 aliphatic rings. The normalized spacial score (nSPS) is 29.5. The molecule has 1 aliphatic heterocycles. The maximum absolute atomic E-state index is 11.4. The zero-order valence-electron chi connectivity index (χ0n) is 8.37. The van der Waals surface area contributed by atoms with Gasteiger partial charge in [-0.05, 0) is 0 Å². The molecule has 1 fully saturated rings. The van der Waals surface area contributed by atoms with E-state index in [1.807, 2.05) is 0 Å². The average Bonchev–Trinajstić information content (AvgIpc) is 2.60. The second kappa shape index (κ2) is 4.20. The molecule has 0 radical (unpaired) electrons. The lowest BCUT2D eigenvalue weighted by atomic mass is 10.2. The molecular weight excluding hydrogens is 216 g/mol. The van der Waals surface area contributed by atoms with Gasteiger partial charge in [-0.15, -0.1) is 0 Å². The van der Waals surface area contributed by atoms with Crippen molar-refractivity contribution in [1.29, 1.82) is 0 Å². The highest BCUT2D eigenvalue weighted by atomic mass is 16.5. The topological polar surface area (TPSA) is 105 Å². The number of aliphatic hydroxyl groups excluding tert-OH is 2. The summed E-state index contributed by atoms with van der Waals surface area (Å²) in [7, 11) is 0. The molecule has 3 atom stereocenters. The highest BCUT2D eigenvalue weighted by molar-refractivity contribution is 4.88. The van der Waals surface area contributed by atoms with Crippen LogP contribution in [0.2, 0.25) is 0 Å². The summed E-state index contributed by atoms with van der Waals surface area (Å²) in [4.78, 5) is 24.3. The van der Waals surface area contributed by atoms with Gasteiger partial charge in [0.2, 0.25) is 0 Å². The van der Waals surface area contributed by atoms with Crippen molar-refractivity contribution < 1.29 is 14.9 Å². The van der Waals surface area contributed by atoms with Crippen molar-refractivity contribution in [3.63, 3.8) is 0 Å². The molecule has 7 heteroatoms. The van der Waals surface area contributed by atoms with Crippen molar-refractivity contribution in [1.82, 2.24) is 9.55 Å². The zero-order valence-corrected chi connectivity index (χ0v) is 8.37. The highest BCUT2D eigenvalue weighted by Gasteiger charge is 2.35. The fourth-order valence-corrected chi connectivity index (χ4v) is 1.73. The SMILES string of the molecule is O=c1ccn(C2O[C@H](CO)C[C@H]2O)c(=O)[nH]1. The van der Waals surface area contributed by atoms with Gasteiger partial charge in [-0.25, -0.2) is 4.79 Å². The molecule has 0 aromatic carbocycles. The van der Waals surface area contributed by atoms with Crippen LogP contribution in [0.3, 0.4) is 0 Å². The molecule has 1 unspecified atom stereocenters. The van der Waals surface area contributed by atoms with Gasteiger partial charge >= 0.3 is 5.69 Å². The van der Waals surface area contributed by atoms with E-state index in [9.17, 15) is 14.7 Å². The minimum atomic E-state index is -0.874. The number of hydrogen-bond donors (Lipinski definition) is 3. The Kier molecular flexibility index (Phi) is 2.90. The van der Waals surface area contributed by atoms with Gasteiger partial charge in [0.1, 0.15) is 6.10 Å². The first-order chi connectivity index (χ1) is 7.61. The largest absolute Gasteiger partial charge is 0.394 e. The van der Waals surface area contributed by atoms with Crippen LogP contribution in [0, 0.1) is 0 Å². The van der Waals surface area contributed by atoms with Gasteiger partial charge in [0.25, 0.3) is 5.56 Å². The van der Waals surface area contributed by atoms with Crippen LogP contribution < -0.4 is 11.2 Å². The predicted octanol–water partition coefficient (Wildman–Crippen LogP) is -1.82. The first-order valence-corrected chi connectivity index (χ1v) is 4.87. The molecule has 0 saturated carbocycles. The summed E-state index contributed by atoms with van der Waals surface area (Å²) < 4.78 is 6.37. The molecule has 0 aliphatic carbocycles. The summed E-state index contributed by atoms with van der Waals surface area (Å²) in [5.41, 5.74) is -1.15. The minimum Gasteiger partial charge on any atom is -0.394 e. The molecule has 0 bridgehead atoms. The highest BCUT2D eigenvalue weighted by Crippen LogP contribution is 2.26. The average molecular weight is 228 g/mol. The Morgan fingerprint density at radius 2 is 2.31 bits per heavy atom. The Balaban J connectivity index is 2.31. The maximum atomic E-state index is 11.4. The molecule has 16 heavy (non-hydrogen) atoms. The number of nitrogens with one attached hydrogen (secondary N) is 1. The zero-order chi connectivity index (χ0) is 11.7. The van der Waals surface area contributed by atoms with E-state index in [0.717, 1.165) is 4.57 Å². The van der Waals surface area contributed by atoms with Gasteiger partial charge in [-0.3, -0.25) is 14.3 Å². The molecule has 2 rings (SSSR count). The molecule has 1 aromatic heterocycles. The first kappa shape index (κ1) is 11.1. The van der Waals surface area contributed by atoms with Crippen LogP contribution >= 0.6 is 0 Å². The van der Waals surface area contributed by atoms with E-state index >= 15 is 0 Å². The number of rotatable bonds is 2. The molecular formula is C9H12N2O5. The van der Waals surface area contributed by atoms with Crippen LogP contribution in [-0.2, 0) is 4.74 Å². The van der Waals surface area contributed by atoms with E-state index in [1.165, 1.54) is 12.3 Å². The van der Waals surface area contributed by atoms with Crippen LogP contribution in [0.5, 0.6) is 0 Å². The maximum Gasteiger partial charge on any atom is 0.330 e. The molecule has 1 saturated heterocycles. The number of hydrogen-bond acceptors (Lipinski definition) is 5. The molecule has 88 valence electrons. The second-order valence-corrected chi connectivity index (χ2v) is 3.65. The Morgan fingerprint density at radius 3 is 2.88 bits per heavy atom. The number of aromatic nitrogens is 2. The molecule has 7 nitrogen and oxygen atoms in total. The van der Waals surface area contributed by atoms with Crippen molar-refractivity contribution >= 4 is 0 Å². The molecule has 0 amide bonds. The first-order valence-electron chi connectivity index (χ1n) is 4.87. The summed E-state index contributed by atoms with van der Waals surface area (Å²) in [6.45, 7) is -0.217. The summed E-state index contributed by atoms with van der Waals surface area (Å²) >= 11 is 0. The summed E-state index contributed by atoms with van der Waals surface area (Å²) in [5, 5.41) is 18.5. The van der Waals surface area contributed by atoms with E-state index in [0.29, 0.717) is 0 Å². The fraction of sp³-hybridized carbons (Fsp3) is 0.556. The van der Waals surface area contributed by atoms with Gasteiger partial charge in [-0.2, -0.15) is 0 Å². The van der Waals surface area contributed by atoms with Crippen LogP contribution in [0.1, 0.15) is 12.6 Å². The summed E-state index contributed by atoms with van der Waals surface area (Å²) in [6.07, 6.45) is -0.706. The Bertz CT molecular complexity index is 479. The molecule has 1 aromatic rings. The minimum absolute atomic E-state index is 0.217. The third kappa shape index (κ3) is 1.92. The second-order valence-electron chi connectivity index (χ2n) is 3.65. The predicted molar refractivity (Wildman–Crippen MR) is 52.9 cm³/mol. The van der Waals surface area contributed by atoms with E-state index in [2.05, 4.69) is 4.98 Å². The van der Waals surface area contributed by atoms with Gasteiger partial charge in [0, 0.05) is 18.7 Å². The number of nitrogens with zero attached hydrogens (tertiary/aromatic N) is 1. The Hall–Kier alpha value is -1.44. The van der Waals surface area contributed by atoms with Crippen molar-refractivity contribution in [3.8, 4) is 0 Å². The monoisotopic (exact) mass is 228 g/mol. The molecule has 2 heterocycles. The van der Waals surface area contributed by atoms with E-state index < -0.39 is 29.7 Å². The number of H-pyrrole nitrogens is 1. The van der Waals surface area contributed by atoms with Gasteiger partial charge in [-0.1, -0.05) is 0 Å². The lowest BCUT2D eigenvalue weighted by Gasteiger charge is -2.16. The molecule has 3 N–H and O–H groups in total. The Morgan fingerprint density at radius 1 is 1.56 bits per heavy atom. The smallest absolute Gasteiger partial charge is 0.330 e. The van der Waals surface area contributed by atoms with Crippen molar-refractivity contribution in [2.45, 2.75) is 24.9 Å².